The summed E-state index contributed by atoms with van der Waals surface area (Å²) in [4.78, 5) is 21.1. The lowest BCUT2D eigenvalue weighted by Crippen LogP contribution is -2.41. The normalized spacial score (nSPS) is 17.4. The van der Waals surface area contributed by atoms with Crippen molar-refractivity contribution in [3.63, 3.8) is 0 Å². The lowest BCUT2D eigenvalue weighted by atomic mass is 10.3. The SMILES string of the molecule is [2H]C([2H])([2H])SC[C@H](NC(C)=O)C(=O)O. The summed E-state index contributed by atoms with van der Waals surface area (Å²) in [5, 5.41) is 10.7. The van der Waals surface area contributed by atoms with E-state index >= 15 is 0 Å². The third kappa shape index (κ3) is 4.66. The number of carbonyl (C=O) groups excluding carboxylic acids is 1. The quantitative estimate of drug-likeness (QED) is 0.636. The van der Waals surface area contributed by atoms with Crippen molar-refractivity contribution in [1.82, 2.24) is 5.32 Å². The molecule has 0 aliphatic rings. The number of amides is 1. The Labute approximate surface area is 73.6 Å². The van der Waals surface area contributed by atoms with E-state index in [1.165, 1.54) is 6.92 Å². The second-order valence-corrected chi connectivity index (χ2v) is 2.52. The van der Waals surface area contributed by atoms with Crippen LogP contribution in [-0.4, -0.2) is 35.0 Å². The molecule has 2 N–H and O–H groups in total. The molecule has 1 amide bonds. The van der Waals surface area contributed by atoms with Crippen molar-refractivity contribution >= 4 is 23.6 Å². The first-order chi connectivity index (χ1) is 6.22. The smallest absolute Gasteiger partial charge is 0.327 e. The number of nitrogens with one attached hydrogen (secondary N) is 1. The topological polar surface area (TPSA) is 66.4 Å². The van der Waals surface area contributed by atoms with Gasteiger partial charge in [-0.05, 0) is 6.18 Å². The van der Waals surface area contributed by atoms with Gasteiger partial charge in [0.15, 0.2) is 0 Å². The van der Waals surface area contributed by atoms with Gasteiger partial charge >= 0.3 is 5.97 Å². The average molecular weight is 180 g/mol. The molecule has 0 aliphatic heterocycles. The minimum absolute atomic E-state index is 0.175. The molecule has 0 aromatic carbocycles. The zero-order valence-corrected chi connectivity index (χ0v) is 6.77. The maximum absolute atomic E-state index is 10.6. The fourth-order valence-corrected chi connectivity index (χ4v) is 0.896. The van der Waals surface area contributed by atoms with E-state index in [1.54, 1.807) is 0 Å². The maximum Gasteiger partial charge on any atom is 0.327 e. The number of aliphatic carboxylic acids is 1. The number of carbonyl (C=O) groups is 2. The molecule has 0 saturated carbocycles. The minimum Gasteiger partial charge on any atom is -0.480 e. The number of carboxylic acids is 1. The zero-order valence-electron chi connectivity index (χ0n) is 8.96. The van der Waals surface area contributed by atoms with Gasteiger partial charge in [0.2, 0.25) is 5.91 Å². The third-order valence-electron chi connectivity index (χ3n) is 0.926. The molecule has 11 heavy (non-hydrogen) atoms. The van der Waals surface area contributed by atoms with Gasteiger partial charge in [-0.1, -0.05) is 0 Å². The molecule has 1 atom stereocenters. The van der Waals surface area contributed by atoms with Gasteiger partial charge in [0, 0.05) is 16.8 Å². The Balaban J connectivity index is 4.11. The standard InChI is InChI=1S/C6H11NO3S/c1-4(8)7-5(3-11-2)6(9)10/h5H,3H2,1-2H3,(H,7,8)(H,9,10)/t5-/m0/s1/i2D3. The summed E-state index contributed by atoms with van der Waals surface area (Å²) in [6.07, 6.45) is -2.24. The highest BCUT2D eigenvalue weighted by atomic mass is 32.2. The largest absolute Gasteiger partial charge is 0.480 e. The van der Waals surface area contributed by atoms with Gasteiger partial charge in [-0.2, -0.15) is 11.8 Å². The number of thioether (sulfide) groups is 1. The molecular formula is C6H11NO3S. The van der Waals surface area contributed by atoms with Crippen molar-refractivity contribution in [1.29, 1.82) is 0 Å². The fourth-order valence-electron chi connectivity index (χ4n) is 0.503. The molecule has 5 heteroatoms. The predicted molar refractivity (Wildman–Crippen MR) is 43.6 cm³/mol. The van der Waals surface area contributed by atoms with Crippen molar-refractivity contribution in [2.75, 3.05) is 11.9 Å². The van der Waals surface area contributed by atoms with E-state index in [4.69, 9.17) is 9.22 Å². The average Bonchev–Trinajstić information content (AvgIpc) is 1.94. The molecule has 0 aliphatic carbocycles. The van der Waals surface area contributed by atoms with E-state index in [0.29, 0.717) is 11.8 Å². The van der Waals surface area contributed by atoms with Crippen LogP contribution in [0.3, 0.4) is 0 Å². The number of carboxylic acid groups (broad SMARTS) is 1. The van der Waals surface area contributed by atoms with Gasteiger partial charge in [0.05, 0.1) is 0 Å². The molecule has 4 nitrogen and oxygen atoms in total. The van der Waals surface area contributed by atoms with Crippen LogP contribution in [-0.2, 0) is 9.59 Å². The van der Waals surface area contributed by atoms with Crippen molar-refractivity contribution in [2.24, 2.45) is 0 Å². The van der Waals surface area contributed by atoms with E-state index < -0.39 is 24.1 Å². The van der Waals surface area contributed by atoms with Crippen LogP contribution in [0, 0.1) is 0 Å². The molecule has 0 rings (SSSR count). The van der Waals surface area contributed by atoms with E-state index in [2.05, 4.69) is 5.32 Å². The maximum atomic E-state index is 10.6. The fraction of sp³-hybridized carbons (Fsp3) is 0.667. The molecule has 0 fully saturated rings. The van der Waals surface area contributed by atoms with Crippen LogP contribution in [0.4, 0.5) is 0 Å². The zero-order chi connectivity index (χ0) is 11.4. The first-order valence-corrected chi connectivity index (χ1v) is 3.85. The first-order valence-electron chi connectivity index (χ1n) is 4.36. The minimum atomic E-state index is -2.24. The molecule has 0 aromatic heterocycles. The summed E-state index contributed by atoms with van der Waals surface area (Å²) in [6.45, 7) is 1.18. The Hall–Kier alpha value is -0.710. The lowest BCUT2D eigenvalue weighted by molar-refractivity contribution is -0.140. The van der Waals surface area contributed by atoms with E-state index in [0.717, 1.165) is 0 Å². The van der Waals surface area contributed by atoms with Crippen molar-refractivity contribution < 1.29 is 18.8 Å². The van der Waals surface area contributed by atoms with E-state index in [1.807, 2.05) is 0 Å². The number of hydrogen-bond acceptors (Lipinski definition) is 3. The molecule has 0 spiro atoms. The lowest BCUT2D eigenvalue weighted by Gasteiger charge is -2.10. The van der Waals surface area contributed by atoms with Crippen LogP contribution in [0.15, 0.2) is 0 Å². The molecule has 0 bridgehead atoms. The van der Waals surface area contributed by atoms with Crippen molar-refractivity contribution in [3.8, 4) is 0 Å². The molecule has 0 aromatic rings. The van der Waals surface area contributed by atoms with Crippen LogP contribution in [0.5, 0.6) is 0 Å². The summed E-state index contributed by atoms with van der Waals surface area (Å²) in [5.74, 6) is -1.91. The van der Waals surface area contributed by atoms with Gasteiger partial charge in [-0.15, -0.1) is 0 Å². The molecule has 0 radical (unpaired) electrons. The Morgan fingerprint density at radius 3 is 2.82 bits per heavy atom. The second-order valence-electron chi connectivity index (χ2n) is 1.90. The second kappa shape index (κ2) is 5.01. The van der Waals surface area contributed by atoms with Gasteiger partial charge in [0.25, 0.3) is 0 Å². The summed E-state index contributed by atoms with van der Waals surface area (Å²) in [7, 11) is 0. The Morgan fingerprint density at radius 1 is 1.82 bits per heavy atom. The predicted octanol–water partition coefficient (Wildman–Crippen LogP) is -0.0613. The Kier molecular flexibility index (Phi) is 2.68. The van der Waals surface area contributed by atoms with Crippen LogP contribution in [0.1, 0.15) is 11.0 Å². The van der Waals surface area contributed by atoms with Crippen LogP contribution in [0.2, 0.25) is 0 Å². The van der Waals surface area contributed by atoms with Gasteiger partial charge < -0.3 is 10.4 Å². The van der Waals surface area contributed by atoms with Crippen molar-refractivity contribution in [2.45, 2.75) is 13.0 Å². The monoisotopic (exact) mass is 180 g/mol. The van der Waals surface area contributed by atoms with Gasteiger partial charge in [-0.25, -0.2) is 4.79 Å². The highest BCUT2D eigenvalue weighted by molar-refractivity contribution is 7.98. The molecule has 0 heterocycles. The first kappa shape index (κ1) is 5.88. The Morgan fingerprint density at radius 2 is 2.45 bits per heavy atom. The van der Waals surface area contributed by atoms with Gasteiger partial charge in [-0.3, -0.25) is 4.79 Å². The summed E-state index contributed by atoms with van der Waals surface area (Å²) in [5.41, 5.74) is 0. The number of hydrogen-bond donors (Lipinski definition) is 2. The van der Waals surface area contributed by atoms with Crippen LogP contribution in [0.25, 0.3) is 0 Å². The Bertz CT molecular complexity index is 231. The molecule has 0 saturated heterocycles. The molecule has 64 valence electrons. The van der Waals surface area contributed by atoms with Crippen LogP contribution < -0.4 is 5.32 Å². The summed E-state index contributed by atoms with van der Waals surface area (Å²) >= 11 is 0.516. The highest BCUT2D eigenvalue weighted by Gasteiger charge is 2.16. The van der Waals surface area contributed by atoms with Crippen LogP contribution >= 0.6 is 11.8 Å². The van der Waals surface area contributed by atoms with E-state index in [-0.39, 0.29) is 5.75 Å². The molecule has 0 unspecified atom stereocenters. The van der Waals surface area contributed by atoms with Crippen molar-refractivity contribution in [3.05, 3.63) is 0 Å². The van der Waals surface area contributed by atoms with Gasteiger partial charge in [0.1, 0.15) is 6.04 Å². The summed E-state index contributed by atoms with van der Waals surface area (Å²) < 4.78 is 20.5. The van der Waals surface area contributed by atoms with E-state index in [9.17, 15) is 9.59 Å². The summed E-state index contributed by atoms with van der Waals surface area (Å²) in [6, 6.07) is -1.15. The highest BCUT2D eigenvalue weighted by Crippen LogP contribution is 1.96. The molecular weight excluding hydrogens is 166 g/mol. The number of rotatable bonds is 4. The third-order valence-corrected chi connectivity index (χ3v) is 1.43.